The van der Waals surface area contributed by atoms with Gasteiger partial charge < -0.3 is 10.2 Å². The molecule has 0 radical (unpaired) electrons. The van der Waals surface area contributed by atoms with E-state index >= 15 is 0 Å². The average molecular weight is 627 g/mol. The van der Waals surface area contributed by atoms with Gasteiger partial charge in [-0.25, -0.2) is 8.42 Å². The molecule has 9 heteroatoms. The Labute approximate surface area is 245 Å². The number of benzene rings is 3. The molecule has 212 valence electrons. The normalized spacial score (nSPS) is 14.5. The Morgan fingerprint density at radius 1 is 0.950 bits per heavy atom. The first-order valence-corrected chi connectivity index (χ1v) is 15.8. The first-order chi connectivity index (χ1) is 19.1. The van der Waals surface area contributed by atoms with Crippen molar-refractivity contribution in [2.75, 3.05) is 10.8 Å². The highest BCUT2D eigenvalue weighted by atomic mass is 79.9. The van der Waals surface area contributed by atoms with E-state index in [2.05, 4.69) is 21.2 Å². The summed E-state index contributed by atoms with van der Waals surface area (Å²) in [4.78, 5) is 28.9. The van der Waals surface area contributed by atoms with Crippen molar-refractivity contribution in [1.82, 2.24) is 10.2 Å². The Morgan fingerprint density at radius 3 is 2.30 bits per heavy atom. The number of hydrogen-bond donors (Lipinski definition) is 1. The third-order valence-electron chi connectivity index (χ3n) is 7.50. The molecule has 1 fully saturated rings. The zero-order valence-electron chi connectivity index (χ0n) is 23.1. The zero-order chi connectivity index (χ0) is 28.9. The van der Waals surface area contributed by atoms with Crippen molar-refractivity contribution >= 4 is 43.5 Å². The largest absolute Gasteiger partial charge is 0.352 e. The lowest BCUT2D eigenvalue weighted by molar-refractivity contribution is -0.139. The van der Waals surface area contributed by atoms with Crippen LogP contribution in [0.3, 0.4) is 0 Å². The molecule has 0 spiro atoms. The molecule has 3 aromatic rings. The van der Waals surface area contributed by atoms with Crippen molar-refractivity contribution < 1.29 is 18.0 Å². The number of sulfonamides is 1. The van der Waals surface area contributed by atoms with Gasteiger partial charge in [0.15, 0.2) is 0 Å². The summed E-state index contributed by atoms with van der Waals surface area (Å²) in [5.74, 6) is -0.703. The molecular weight excluding hydrogens is 590 g/mol. The van der Waals surface area contributed by atoms with Gasteiger partial charge in [-0.3, -0.25) is 13.9 Å². The highest BCUT2D eigenvalue weighted by Crippen LogP contribution is 2.27. The summed E-state index contributed by atoms with van der Waals surface area (Å²) in [6.07, 6.45) is 3.99. The standard InChI is InChI=1S/C31H36BrN3O4S/c1-22-16-17-28(18-23(22)2)35(40(38,39)29-14-5-4-6-15-29)21-30(36)34(20-25-10-9-11-26(32)19-25)24(3)31(37)33-27-12-7-8-13-27/h4-6,9-11,14-19,24,27H,7-8,12-13,20-21H2,1-3H3,(H,33,37). The van der Waals surface area contributed by atoms with Gasteiger partial charge in [0, 0.05) is 17.1 Å². The minimum atomic E-state index is -4.08. The van der Waals surface area contributed by atoms with Gasteiger partial charge in [0.05, 0.1) is 10.6 Å². The van der Waals surface area contributed by atoms with E-state index in [0.29, 0.717) is 5.69 Å². The molecule has 7 nitrogen and oxygen atoms in total. The van der Waals surface area contributed by atoms with Crippen LogP contribution in [-0.4, -0.2) is 43.8 Å². The molecule has 3 aromatic carbocycles. The molecule has 1 N–H and O–H groups in total. The summed E-state index contributed by atoms with van der Waals surface area (Å²) in [5, 5.41) is 3.09. The minimum absolute atomic E-state index is 0.0894. The van der Waals surface area contributed by atoms with Crippen molar-refractivity contribution in [3.8, 4) is 0 Å². The molecule has 1 aliphatic rings. The molecule has 1 aliphatic carbocycles. The number of rotatable bonds is 10. The number of carbonyl (C=O) groups is 2. The maximum atomic E-state index is 14.1. The fraction of sp³-hybridized carbons (Fsp3) is 0.355. The molecular formula is C31H36BrN3O4S. The summed E-state index contributed by atoms with van der Waals surface area (Å²) >= 11 is 3.48. The van der Waals surface area contributed by atoms with E-state index in [1.807, 2.05) is 44.2 Å². The number of aryl methyl sites for hydroxylation is 2. The minimum Gasteiger partial charge on any atom is -0.352 e. The van der Waals surface area contributed by atoms with Gasteiger partial charge in [-0.2, -0.15) is 0 Å². The Bertz CT molecular complexity index is 1460. The van der Waals surface area contributed by atoms with Crippen molar-refractivity contribution in [1.29, 1.82) is 0 Å². The van der Waals surface area contributed by atoms with Crippen LogP contribution in [0.15, 0.2) is 82.2 Å². The average Bonchev–Trinajstić information content (AvgIpc) is 3.45. The number of nitrogens with zero attached hydrogens (tertiary/aromatic N) is 2. The summed E-state index contributed by atoms with van der Waals surface area (Å²) in [6.45, 7) is 5.26. The maximum Gasteiger partial charge on any atom is 0.264 e. The van der Waals surface area contributed by atoms with Crippen LogP contribution in [-0.2, 0) is 26.2 Å². The highest BCUT2D eigenvalue weighted by molar-refractivity contribution is 9.10. The molecule has 0 heterocycles. The van der Waals surface area contributed by atoms with Gasteiger partial charge in [0.25, 0.3) is 10.0 Å². The lowest BCUT2D eigenvalue weighted by Crippen LogP contribution is -2.52. The Kier molecular flexibility index (Phi) is 9.68. The quantitative estimate of drug-likeness (QED) is 0.311. The number of anilines is 1. The van der Waals surface area contributed by atoms with E-state index in [-0.39, 0.29) is 23.4 Å². The number of amides is 2. The predicted octanol–water partition coefficient (Wildman–Crippen LogP) is 5.74. The van der Waals surface area contributed by atoms with E-state index in [1.165, 1.54) is 17.0 Å². The summed E-state index contributed by atoms with van der Waals surface area (Å²) < 4.78 is 29.8. The number of nitrogens with one attached hydrogen (secondary N) is 1. The molecule has 0 bridgehead atoms. The van der Waals surface area contributed by atoms with Crippen LogP contribution < -0.4 is 9.62 Å². The number of hydrogen-bond acceptors (Lipinski definition) is 4. The van der Waals surface area contributed by atoms with Crippen LogP contribution in [0.2, 0.25) is 0 Å². The van der Waals surface area contributed by atoms with Crippen LogP contribution in [0.1, 0.15) is 49.3 Å². The van der Waals surface area contributed by atoms with Crippen LogP contribution >= 0.6 is 15.9 Å². The molecule has 1 atom stereocenters. The fourth-order valence-corrected chi connectivity index (χ4v) is 6.81. The van der Waals surface area contributed by atoms with Gasteiger partial charge in [0.2, 0.25) is 11.8 Å². The van der Waals surface area contributed by atoms with Gasteiger partial charge in [0.1, 0.15) is 12.6 Å². The summed E-state index contributed by atoms with van der Waals surface area (Å²) in [7, 11) is -4.08. The third kappa shape index (κ3) is 7.12. The van der Waals surface area contributed by atoms with Crippen molar-refractivity contribution in [3.05, 3.63) is 94.0 Å². The molecule has 0 aliphatic heterocycles. The Balaban J connectivity index is 1.69. The summed E-state index contributed by atoms with van der Waals surface area (Å²) in [6, 6.07) is 20.3. The van der Waals surface area contributed by atoms with E-state index in [0.717, 1.165) is 51.2 Å². The Morgan fingerprint density at radius 2 is 1.65 bits per heavy atom. The van der Waals surface area contributed by atoms with Crippen LogP contribution in [0.25, 0.3) is 0 Å². The lowest BCUT2D eigenvalue weighted by atomic mass is 10.1. The van der Waals surface area contributed by atoms with Gasteiger partial charge in [-0.05, 0) is 86.7 Å². The van der Waals surface area contributed by atoms with E-state index in [1.54, 1.807) is 37.3 Å². The Hall–Kier alpha value is -3.17. The SMILES string of the molecule is Cc1ccc(N(CC(=O)N(Cc2cccc(Br)c2)C(C)C(=O)NC2CCCC2)S(=O)(=O)c2ccccc2)cc1C. The second kappa shape index (κ2) is 13.0. The second-order valence-electron chi connectivity index (χ2n) is 10.4. The van der Waals surface area contributed by atoms with Gasteiger partial charge in [-0.15, -0.1) is 0 Å². The highest BCUT2D eigenvalue weighted by Gasteiger charge is 2.33. The lowest BCUT2D eigenvalue weighted by Gasteiger charge is -2.32. The second-order valence-corrected chi connectivity index (χ2v) is 13.2. The fourth-order valence-electron chi connectivity index (χ4n) is 4.94. The summed E-state index contributed by atoms with van der Waals surface area (Å²) in [5.41, 5.74) is 3.15. The first-order valence-electron chi connectivity index (χ1n) is 13.6. The molecule has 0 saturated heterocycles. The first kappa shape index (κ1) is 29.8. The van der Waals surface area contributed by atoms with Crippen LogP contribution in [0.4, 0.5) is 5.69 Å². The number of carbonyl (C=O) groups excluding carboxylic acids is 2. The maximum absolute atomic E-state index is 14.1. The predicted molar refractivity (Wildman–Crippen MR) is 161 cm³/mol. The van der Waals surface area contributed by atoms with Gasteiger partial charge >= 0.3 is 0 Å². The van der Waals surface area contributed by atoms with Crippen LogP contribution in [0, 0.1) is 13.8 Å². The molecule has 0 aromatic heterocycles. The van der Waals surface area contributed by atoms with Crippen LogP contribution in [0.5, 0.6) is 0 Å². The molecule has 4 rings (SSSR count). The zero-order valence-corrected chi connectivity index (χ0v) is 25.5. The molecule has 40 heavy (non-hydrogen) atoms. The molecule has 1 saturated carbocycles. The van der Waals surface area contributed by atoms with E-state index < -0.39 is 28.5 Å². The van der Waals surface area contributed by atoms with Gasteiger partial charge in [-0.1, -0.05) is 65.2 Å². The van der Waals surface area contributed by atoms with E-state index in [4.69, 9.17) is 0 Å². The topological polar surface area (TPSA) is 86.8 Å². The van der Waals surface area contributed by atoms with Crippen molar-refractivity contribution in [2.45, 2.75) is 70.0 Å². The molecule has 1 unspecified atom stereocenters. The monoisotopic (exact) mass is 625 g/mol. The van der Waals surface area contributed by atoms with Crippen molar-refractivity contribution in [3.63, 3.8) is 0 Å². The van der Waals surface area contributed by atoms with Crippen molar-refractivity contribution in [2.24, 2.45) is 0 Å². The molecule has 2 amide bonds. The smallest absolute Gasteiger partial charge is 0.264 e. The third-order valence-corrected chi connectivity index (χ3v) is 9.78. The number of halogens is 1. The van der Waals surface area contributed by atoms with E-state index in [9.17, 15) is 18.0 Å².